The Hall–Kier alpha value is -0.680. The van der Waals surface area contributed by atoms with Crippen molar-refractivity contribution in [2.24, 2.45) is 5.92 Å². The van der Waals surface area contributed by atoms with Crippen LogP contribution < -0.4 is 0 Å². The van der Waals surface area contributed by atoms with Crippen LogP contribution in [0.4, 0.5) is 0 Å². The lowest BCUT2D eigenvalue weighted by atomic mass is 9.98. The maximum absolute atomic E-state index is 12.1. The van der Waals surface area contributed by atoms with E-state index in [1.807, 2.05) is 19.9 Å². The fourth-order valence-corrected chi connectivity index (χ4v) is 3.82. The quantitative estimate of drug-likeness (QED) is 0.669. The van der Waals surface area contributed by atoms with Crippen LogP contribution in [0.5, 0.6) is 0 Å². The minimum absolute atomic E-state index is 0.120. The maximum Gasteiger partial charge on any atom is 0.334 e. The van der Waals surface area contributed by atoms with Gasteiger partial charge in [0.1, 0.15) is 0 Å². The minimum atomic E-state index is -0.285. The standard InChI is InChI=1S/C15H22O3S2/c1-5-18-15(17)14-10(4)8-12(19-6-2)11(14)9-13(16)20-7-3/h8,11H,5-7,9H2,1-4H3. The number of esters is 1. The van der Waals surface area contributed by atoms with Crippen LogP contribution in [0.2, 0.25) is 0 Å². The van der Waals surface area contributed by atoms with Crippen molar-refractivity contribution >= 4 is 34.6 Å². The molecular weight excluding hydrogens is 292 g/mol. The van der Waals surface area contributed by atoms with Crippen molar-refractivity contribution in [3.63, 3.8) is 0 Å². The summed E-state index contributed by atoms with van der Waals surface area (Å²) in [6, 6.07) is 0. The smallest absolute Gasteiger partial charge is 0.334 e. The van der Waals surface area contributed by atoms with Gasteiger partial charge < -0.3 is 4.74 Å². The molecule has 1 unspecified atom stereocenters. The van der Waals surface area contributed by atoms with Crippen molar-refractivity contribution in [1.82, 2.24) is 0 Å². The molecule has 0 aromatic carbocycles. The SMILES string of the molecule is CCOC(=O)C1=C(C)C=C(SCC)C1CC(=O)SCC. The molecule has 0 radical (unpaired) electrons. The Balaban J connectivity index is 2.93. The predicted octanol–water partition coefficient (Wildman–Crippen LogP) is 3.80. The first kappa shape index (κ1) is 17.4. The van der Waals surface area contributed by atoms with Crippen LogP contribution in [0.3, 0.4) is 0 Å². The van der Waals surface area contributed by atoms with E-state index in [4.69, 9.17) is 4.74 Å². The lowest BCUT2D eigenvalue weighted by Crippen LogP contribution is -2.18. The largest absolute Gasteiger partial charge is 0.463 e. The molecule has 1 rings (SSSR count). The molecule has 0 saturated heterocycles. The molecule has 0 aromatic rings. The van der Waals surface area contributed by atoms with E-state index in [1.165, 1.54) is 11.8 Å². The van der Waals surface area contributed by atoms with Crippen LogP contribution >= 0.6 is 23.5 Å². The number of carbonyl (C=O) groups excluding carboxylic acids is 2. The van der Waals surface area contributed by atoms with E-state index in [0.29, 0.717) is 18.6 Å². The molecule has 0 aromatic heterocycles. The molecule has 0 N–H and O–H groups in total. The van der Waals surface area contributed by atoms with Crippen molar-refractivity contribution in [2.75, 3.05) is 18.1 Å². The second-order valence-corrected chi connectivity index (χ2v) is 7.02. The Morgan fingerprint density at radius 3 is 2.50 bits per heavy atom. The number of rotatable bonds is 7. The van der Waals surface area contributed by atoms with Gasteiger partial charge in [0.05, 0.1) is 6.61 Å². The summed E-state index contributed by atoms with van der Waals surface area (Å²) in [6.45, 7) is 8.10. The monoisotopic (exact) mass is 314 g/mol. The van der Waals surface area contributed by atoms with Gasteiger partial charge >= 0.3 is 5.97 Å². The highest BCUT2D eigenvalue weighted by Gasteiger charge is 2.33. The van der Waals surface area contributed by atoms with Gasteiger partial charge in [-0.2, -0.15) is 0 Å². The second-order valence-electron chi connectivity index (χ2n) is 4.36. The van der Waals surface area contributed by atoms with Gasteiger partial charge in [-0.15, -0.1) is 11.8 Å². The fraction of sp³-hybridized carbons (Fsp3) is 0.600. The number of hydrogen-bond donors (Lipinski definition) is 0. The molecule has 0 aliphatic heterocycles. The zero-order valence-corrected chi connectivity index (χ0v) is 14.2. The fourth-order valence-electron chi connectivity index (χ4n) is 2.22. The zero-order chi connectivity index (χ0) is 15.1. The maximum atomic E-state index is 12.1. The molecule has 0 spiro atoms. The number of allylic oxidation sites excluding steroid dienone is 3. The summed E-state index contributed by atoms with van der Waals surface area (Å²) in [4.78, 5) is 25.2. The van der Waals surface area contributed by atoms with Gasteiger partial charge in [-0.3, -0.25) is 4.79 Å². The zero-order valence-electron chi connectivity index (χ0n) is 12.5. The highest BCUT2D eigenvalue weighted by atomic mass is 32.2. The van der Waals surface area contributed by atoms with Crippen LogP contribution in [0.25, 0.3) is 0 Å². The first-order chi connectivity index (χ1) is 9.54. The van der Waals surface area contributed by atoms with Gasteiger partial charge in [0.25, 0.3) is 0 Å². The van der Waals surface area contributed by atoms with Gasteiger partial charge in [0, 0.05) is 17.9 Å². The molecule has 1 atom stereocenters. The average Bonchev–Trinajstić information content (AvgIpc) is 2.66. The number of hydrogen-bond acceptors (Lipinski definition) is 5. The normalized spacial score (nSPS) is 18.2. The molecule has 0 saturated carbocycles. The summed E-state index contributed by atoms with van der Waals surface area (Å²) < 4.78 is 5.14. The van der Waals surface area contributed by atoms with Gasteiger partial charge in [-0.05, 0) is 41.9 Å². The van der Waals surface area contributed by atoms with Crippen molar-refractivity contribution in [2.45, 2.75) is 34.1 Å². The lowest BCUT2D eigenvalue weighted by Gasteiger charge is -2.17. The average molecular weight is 314 g/mol. The van der Waals surface area contributed by atoms with Crippen molar-refractivity contribution in [3.8, 4) is 0 Å². The Morgan fingerprint density at radius 1 is 1.25 bits per heavy atom. The summed E-state index contributed by atoms with van der Waals surface area (Å²) >= 11 is 3.02. The van der Waals surface area contributed by atoms with Crippen LogP contribution in [0, 0.1) is 5.92 Å². The van der Waals surface area contributed by atoms with E-state index in [-0.39, 0.29) is 17.0 Å². The molecule has 0 fully saturated rings. The third-order valence-corrected chi connectivity index (χ3v) is 4.76. The van der Waals surface area contributed by atoms with Crippen LogP contribution in [-0.4, -0.2) is 29.2 Å². The number of carbonyl (C=O) groups is 2. The van der Waals surface area contributed by atoms with E-state index in [1.54, 1.807) is 18.7 Å². The van der Waals surface area contributed by atoms with E-state index in [2.05, 4.69) is 6.92 Å². The summed E-state index contributed by atoms with van der Waals surface area (Å²) in [5.41, 5.74) is 1.59. The van der Waals surface area contributed by atoms with E-state index < -0.39 is 0 Å². The second kappa shape index (κ2) is 8.57. The number of thioether (sulfide) groups is 2. The molecule has 0 heterocycles. The Kier molecular flexibility index (Phi) is 7.45. The lowest BCUT2D eigenvalue weighted by molar-refractivity contribution is -0.139. The summed E-state index contributed by atoms with van der Waals surface area (Å²) in [6.07, 6.45) is 2.40. The summed E-state index contributed by atoms with van der Waals surface area (Å²) in [5, 5.41) is 0.136. The molecule has 1 aliphatic rings. The third-order valence-electron chi connectivity index (χ3n) is 2.96. The minimum Gasteiger partial charge on any atom is -0.463 e. The van der Waals surface area contributed by atoms with Crippen LogP contribution in [-0.2, 0) is 14.3 Å². The molecule has 1 aliphatic carbocycles. The predicted molar refractivity (Wildman–Crippen MR) is 86.8 cm³/mol. The molecule has 3 nitrogen and oxygen atoms in total. The first-order valence-corrected chi connectivity index (χ1v) is 8.90. The molecule has 112 valence electrons. The molecular formula is C15H22O3S2. The van der Waals surface area contributed by atoms with E-state index >= 15 is 0 Å². The topological polar surface area (TPSA) is 43.4 Å². The van der Waals surface area contributed by atoms with Gasteiger partial charge in [0.15, 0.2) is 5.12 Å². The van der Waals surface area contributed by atoms with Crippen molar-refractivity contribution in [3.05, 3.63) is 22.1 Å². The molecule has 5 heteroatoms. The molecule has 0 bridgehead atoms. The van der Waals surface area contributed by atoms with E-state index in [0.717, 1.165) is 22.0 Å². The third kappa shape index (κ3) is 4.42. The van der Waals surface area contributed by atoms with Gasteiger partial charge in [-0.25, -0.2) is 4.79 Å². The van der Waals surface area contributed by atoms with E-state index in [9.17, 15) is 9.59 Å². The van der Waals surface area contributed by atoms with Crippen molar-refractivity contribution in [1.29, 1.82) is 0 Å². The molecule has 20 heavy (non-hydrogen) atoms. The van der Waals surface area contributed by atoms with Crippen LogP contribution in [0.15, 0.2) is 22.1 Å². The first-order valence-electron chi connectivity index (χ1n) is 6.92. The highest BCUT2D eigenvalue weighted by Crippen LogP contribution is 2.41. The van der Waals surface area contributed by atoms with Gasteiger partial charge in [0.2, 0.25) is 0 Å². The summed E-state index contributed by atoms with van der Waals surface area (Å²) in [5.74, 6) is 1.29. The highest BCUT2D eigenvalue weighted by molar-refractivity contribution is 8.13. The summed E-state index contributed by atoms with van der Waals surface area (Å²) in [7, 11) is 0. The Bertz CT molecular complexity index is 438. The number of ether oxygens (including phenoxy) is 1. The van der Waals surface area contributed by atoms with Gasteiger partial charge in [-0.1, -0.05) is 25.6 Å². The Labute approximate surface area is 129 Å². The van der Waals surface area contributed by atoms with Crippen molar-refractivity contribution < 1.29 is 14.3 Å². The molecule has 0 amide bonds. The Morgan fingerprint density at radius 2 is 1.95 bits per heavy atom. The van der Waals surface area contributed by atoms with Crippen LogP contribution in [0.1, 0.15) is 34.1 Å².